The highest BCUT2D eigenvalue weighted by molar-refractivity contribution is 5.94. The number of hydrogen-bond acceptors (Lipinski definition) is 5. The summed E-state index contributed by atoms with van der Waals surface area (Å²) in [6.45, 7) is 3.97. The van der Waals surface area contributed by atoms with Crippen LogP contribution in [-0.2, 0) is 6.18 Å². The first-order chi connectivity index (χ1) is 15.7. The lowest BCUT2D eigenvalue weighted by atomic mass is 9.90. The van der Waals surface area contributed by atoms with Gasteiger partial charge in [-0.25, -0.2) is 10.4 Å². The molecule has 33 heavy (non-hydrogen) atoms. The fourth-order valence-corrected chi connectivity index (χ4v) is 4.19. The number of hydrazine groups is 1. The molecule has 0 radical (unpaired) electrons. The van der Waals surface area contributed by atoms with E-state index in [1.165, 1.54) is 4.40 Å². The topological polar surface area (TPSA) is 74.6 Å². The maximum atomic E-state index is 13.1. The van der Waals surface area contributed by atoms with E-state index in [1.54, 1.807) is 47.7 Å². The molecule has 1 aliphatic carbocycles. The number of nitrogens with one attached hydrogen (secondary N) is 2. The zero-order chi connectivity index (χ0) is 23.6. The van der Waals surface area contributed by atoms with Gasteiger partial charge in [-0.05, 0) is 63.8 Å². The fourth-order valence-electron chi connectivity index (χ4n) is 4.19. The zero-order valence-electron chi connectivity index (χ0n) is 18.5. The quantitative estimate of drug-likeness (QED) is 0.529. The Kier molecular flexibility index (Phi) is 6.55. The molecule has 0 saturated heterocycles. The van der Waals surface area contributed by atoms with Crippen LogP contribution in [0.15, 0.2) is 48.9 Å². The number of pyridine rings is 2. The number of hydrogen-bond donors (Lipinski definition) is 2. The van der Waals surface area contributed by atoms with Crippen LogP contribution < -0.4 is 10.7 Å². The molecule has 10 heteroatoms. The molecule has 3 aromatic heterocycles. The predicted octanol–water partition coefficient (Wildman–Crippen LogP) is 4.53. The maximum absolute atomic E-state index is 13.1. The highest BCUT2D eigenvalue weighted by Crippen LogP contribution is 2.30. The van der Waals surface area contributed by atoms with Gasteiger partial charge in [0.1, 0.15) is 11.5 Å². The van der Waals surface area contributed by atoms with Gasteiger partial charge in [0.05, 0.1) is 0 Å². The smallest absolute Gasteiger partial charge is 0.368 e. The molecular weight excluding hydrogens is 433 g/mol. The second-order valence-electron chi connectivity index (χ2n) is 8.61. The second kappa shape index (κ2) is 9.38. The van der Waals surface area contributed by atoms with E-state index < -0.39 is 11.9 Å². The van der Waals surface area contributed by atoms with Gasteiger partial charge in [0, 0.05) is 42.3 Å². The first kappa shape index (κ1) is 23.0. The van der Waals surface area contributed by atoms with Crippen molar-refractivity contribution in [2.24, 2.45) is 0 Å². The van der Waals surface area contributed by atoms with E-state index in [2.05, 4.69) is 20.7 Å². The number of imidazole rings is 1. The van der Waals surface area contributed by atoms with Gasteiger partial charge in [-0.15, -0.1) is 0 Å². The van der Waals surface area contributed by atoms with Gasteiger partial charge < -0.3 is 5.32 Å². The lowest BCUT2D eigenvalue weighted by Crippen LogP contribution is -2.53. The van der Waals surface area contributed by atoms with Crippen LogP contribution in [0.2, 0.25) is 0 Å². The van der Waals surface area contributed by atoms with Crippen molar-refractivity contribution < 1.29 is 18.0 Å². The highest BCUT2D eigenvalue weighted by Gasteiger charge is 2.34. The third-order valence-corrected chi connectivity index (χ3v) is 5.74. The molecule has 3 heterocycles. The van der Waals surface area contributed by atoms with Crippen LogP contribution in [0, 0.1) is 0 Å². The number of anilines is 1. The third kappa shape index (κ3) is 5.27. The Morgan fingerprint density at radius 2 is 1.82 bits per heavy atom. The molecule has 1 fully saturated rings. The van der Waals surface area contributed by atoms with Crippen molar-refractivity contribution in [3.8, 4) is 0 Å². The summed E-state index contributed by atoms with van der Waals surface area (Å²) in [5, 5.41) is 5.10. The van der Waals surface area contributed by atoms with E-state index in [4.69, 9.17) is 0 Å². The average molecular weight is 461 g/mol. The SMILES string of the molecule is CC(C)NN(C(=O)c1ccncc1)C1CCC(Nc2cccc3nc(C(F)(F)F)cn23)CC1. The monoisotopic (exact) mass is 460 g/mol. The van der Waals surface area contributed by atoms with Crippen LogP contribution in [0.25, 0.3) is 5.65 Å². The molecule has 3 aromatic rings. The van der Waals surface area contributed by atoms with E-state index in [0.29, 0.717) is 11.4 Å². The summed E-state index contributed by atoms with van der Waals surface area (Å²) in [6, 6.07) is 8.59. The molecule has 1 amide bonds. The molecule has 2 N–H and O–H groups in total. The third-order valence-electron chi connectivity index (χ3n) is 5.74. The number of carbonyl (C=O) groups excluding carboxylic acids is 1. The molecule has 0 bridgehead atoms. The Morgan fingerprint density at radius 1 is 1.12 bits per heavy atom. The number of carbonyl (C=O) groups is 1. The molecule has 1 saturated carbocycles. The Bertz CT molecular complexity index is 1090. The zero-order valence-corrected chi connectivity index (χ0v) is 18.5. The van der Waals surface area contributed by atoms with Gasteiger partial charge in [-0.2, -0.15) is 13.2 Å². The molecule has 176 valence electrons. The number of nitrogens with zero attached hydrogens (tertiary/aromatic N) is 4. The Balaban J connectivity index is 1.45. The molecule has 0 aromatic carbocycles. The number of aromatic nitrogens is 3. The van der Waals surface area contributed by atoms with Gasteiger partial charge >= 0.3 is 6.18 Å². The van der Waals surface area contributed by atoms with Crippen molar-refractivity contribution in [3.05, 3.63) is 60.2 Å². The number of alkyl halides is 3. The van der Waals surface area contributed by atoms with Crippen molar-refractivity contribution in [1.82, 2.24) is 24.8 Å². The van der Waals surface area contributed by atoms with Crippen molar-refractivity contribution in [3.63, 3.8) is 0 Å². The fraction of sp³-hybridized carbons (Fsp3) is 0.435. The van der Waals surface area contributed by atoms with Crippen molar-refractivity contribution in [2.45, 2.75) is 63.8 Å². The Hall–Kier alpha value is -3.14. The molecular formula is C23H27F3N6O. The van der Waals surface area contributed by atoms with Gasteiger partial charge in [-0.1, -0.05) is 6.07 Å². The van der Waals surface area contributed by atoms with E-state index >= 15 is 0 Å². The van der Waals surface area contributed by atoms with Gasteiger partial charge in [0.15, 0.2) is 5.69 Å². The molecule has 1 aliphatic rings. The van der Waals surface area contributed by atoms with Gasteiger partial charge in [0.2, 0.25) is 0 Å². The minimum atomic E-state index is -4.49. The van der Waals surface area contributed by atoms with Crippen molar-refractivity contribution in [1.29, 1.82) is 0 Å². The molecule has 4 rings (SSSR count). The standard InChI is InChI=1S/C23H27F3N6O/c1-15(2)30-32(22(33)16-10-12-27-13-11-16)18-8-6-17(7-9-18)28-20-4-3-5-21-29-19(14-31(20)21)23(24,25)26/h3-5,10-15,17-18,28,30H,6-9H2,1-2H3. The van der Waals surface area contributed by atoms with Gasteiger partial charge in [0.25, 0.3) is 5.91 Å². The number of rotatable bonds is 6. The molecule has 7 nitrogen and oxygen atoms in total. The van der Waals surface area contributed by atoms with Crippen LogP contribution in [0.1, 0.15) is 55.6 Å². The van der Waals surface area contributed by atoms with Crippen LogP contribution in [0.4, 0.5) is 19.0 Å². The van der Waals surface area contributed by atoms with E-state index in [0.717, 1.165) is 31.9 Å². The molecule has 0 spiro atoms. The summed E-state index contributed by atoms with van der Waals surface area (Å²) in [6.07, 6.45) is 2.82. The summed E-state index contributed by atoms with van der Waals surface area (Å²) in [5.74, 6) is 0.481. The number of fused-ring (bicyclic) bond motifs is 1. The van der Waals surface area contributed by atoms with Crippen molar-refractivity contribution >= 4 is 17.4 Å². The lowest BCUT2D eigenvalue weighted by molar-refractivity contribution is -0.140. The number of amides is 1. The molecule has 0 atom stereocenters. The Morgan fingerprint density at radius 3 is 2.45 bits per heavy atom. The average Bonchev–Trinajstić information content (AvgIpc) is 3.24. The van der Waals surface area contributed by atoms with Gasteiger partial charge in [-0.3, -0.25) is 19.2 Å². The largest absolute Gasteiger partial charge is 0.434 e. The summed E-state index contributed by atoms with van der Waals surface area (Å²) in [7, 11) is 0. The normalized spacial score (nSPS) is 19.1. The highest BCUT2D eigenvalue weighted by atomic mass is 19.4. The van der Waals surface area contributed by atoms with E-state index in [1.807, 2.05) is 13.8 Å². The van der Waals surface area contributed by atoms with E-state index in [-0.39, 0.29) is 29.7 Å². The number of halogens is 3. The Labute approximate surface area is 190 Å². The van der Waals surface area contributed by atoms with Crippen LogP contribution in [0.5, 0.6) is 0 Å². The lowest BCUT2D eigenvalue weighted by Gasteiger charge is -2.38. The molecule has 0 unspecified atom stereocenters. The summed E-state index contributed by atoms with van der Waals surface area (Å²) in [4.78, 5) is 20.8. The summed E-state index contributed by atoms with van der Waals surface area (Å²) < 4.78 is 40.7. The second-order valence-corrected chi connectivity index (χ2v) is 8.61. The predicted molar refractivity (Wildman–Crippen MR) is 119 cm³/mol. The summed E-state index contributed by atoms with van der Waals surface area (Å²) in [5.41, 5.74) is 3.19. The maximum Gasteiger partial charge on any atom is 0.434 e. The van der Waals surface area contributed by atoms with E-state index in [9.17, 15) is 18.0 Å². The van der Waals surface area contributed by atoms with Crippen LogP contribution in [0.3, 0.4) is 0 Å². The minimum absolute atomic E-state index is 0.0204. The molecule has 0 aliphatic heterocycles. The first-order valence-corrected chi connectivity index (χ1v) is 11.0. The van der Waals surface area contributed by atoms with Crippen LogP contribution in [-0.4, -0.2) is 43.4 Å². The first-order valence-electron chi connectivity index (χ1n) is 11.0. The van der Waals surface area contributed by atoms with Crippen LogP contribution >= 0.6 is 0 Å². The van der Waals surface area contributed by atoms with Crippen molar-refractivity contribution in [2.75, 3.05) is 5.32 Å². The minimum Gasteiger partial charge on any atom is -0.368 e. The summed E-state index contributed by atoms with van der Waals surface area (Å²) >= 11 is 0.